The van der Waals surface area contributed by atoms with Crippen LogP contribution in [0.15, 0.2) is 12.3 Å². The summed E-state index contributed by atoms with van der Waals surface area (Å²) >= 11 is 0. The van der Waals surface area contributed by atoms with E-state index in [2.05, 4.69) is 32.8 Å². The lowest BCUT2D eigenvalue weighted by molar-refractivity contribution is -0.153. The zero-order valence-corrected chi connectivity index (χ0v) is 19.9. The molecule has 160 valence electrons. The quantitative estimate of drug-likeness (QED) is 0.374. The second-order valence-electron chi connectivity index (χ2n) is 10.4. The van der Waals surface area contributed by atoms with E-state index in [1.807, 2.05) is 0 Å². The fraction of sp³-hybridized carbons (Fsp3) is 0.762. The molecule has 0 aromatic rings. The van der Waals surface area contributed by atoms with Gasteiger partial charge in [0.05, 0.1) is 17.8 Å². The van der Waals surface area contributed by atoms with Gasteiger partial charge in [-0.15, -0.1) is 0 Å². The van der Waals surface area contributed by atoms with Gasteiger partial charge in [0.1, 0.15) is 5.76 Å². The molecule has 8 heteroatoms. The monoisotopic (exact) mass is 436 g/mol. The summed E-state index contributed by atoms with van der Waals surface area (Å²) in [7, 11) is -4.14. The van der Waals surface area contributed by atoms with Crippen LogP contribution in [0.1, 0.15) is 38.5 Å². The van der Waals surface area contributed by atoms with Crippen molar-refractivity contribution in [3.63, 3.8) is 0 Å². The number of rotatable bonds is 4. The van der Waals surface area contributed by atoms with Gasteiger partial charge in [0.15, 0.2) is 16.6 Å². The molecule has 6 atom stereocenters. The Morgan fingerprint density at radius 2 is 1.17 bits per heavy atom. The summed E-state index contributed by atoms with van der Waals surface area (Å²) in [4.78, 5) is 36.1. The van der Waals surface area contributed by atoms with Crippen LogP contribution in [0, 0.1) is 23.7 Å². The van der Waals surface area contributed by atoms with Gasteiger partial charge in [-0.25, -0.2) is 0 Å². The molecular weight excluding hydrogens is 404 g/mol. The first-order valence-corrected chi connectivity index (χ1v) is 16.8. The Bertz CT molecular complexity index is 698. The summed E-state index contributed by atoms with van der Waals surface area (Å²) in [5.41, 5.74) is 0.768. The number of ether oxygens (including phenoxy) is 2. The second kappa shape index (κ2) is 7.16. The van der Waals surface area contributed by atoms with Crippen LogP contribution in [0.3, 0.4) is 0 Å². The number of hydrogen-bond acceptors (Lipinski definition) is 6. The average Bonchev–Trinajstić information content (AvgIpc) is 3.09. The van der Waals surface area contributed by atoms with Gasteiger partial charge in [0, 0.05) is 5.92 Å². The smallest absolute Gasteiger partial charge is 0.317 e. The van der Waals surface area contributed by atoms with Crippen LogP contribution in [-0.4, -0.2) is 34.5 Å². The molecule has 6 nitrogen and oxygen atoms in total. The summed E-state index contributed by atoms with van der Waals surface area (Å²) in [6.07, 6.45) is 5.19. The lowest BCUT2D eigenvalue weighted by Gasteiger charge is -2.46. The summed E-state index contributed by atoms with van der Waals surface area (Å²) < 4.78 is 17.2. The largest absolute Gasteiger partial charge is 0.455 e. The fourth-order valence-corrected chi connectivity index (χ4v) is 16.3. The second-order valence-corrected chi connectivity index (χ2v) is 19.2. The van der Waals surface area contributed by atoms with Gasteiger partial charge < -0.3 is 13.6 Å². The van der Waals surface area contributed by atoms with Crippen molar-refractivity contribution in [3.05, 3.63) is 12.3 Å². The SMILES string of the molecule is C=C1OC(=O)C2CC([Si](C)(C)O[Si](C)(C)C3CCC4C(=O)OC(=O)C4C3)CCC12. The number of fused-ring (bicyclic) bond motifs is 2. The number of esters is 3. The van der Waals surface area contributed by atoms with E-state index in [9.17, 15) is 14.4 Å². The number of hydrogen-bond donors (Lipinski definition) is 0. The Kier molecular flexibility index (Phi) is 5.19. The number of cyclic esters (lactones) is 3. The maximum absolute atomic E-state index is 12.2. The van der Waals surface area contributed by atoms with Crippen molar-refractivity contribution in [2.45, 2.75) is 75.8 Å². The van der Waals surface area contributed by atoms with E-state index in [4.69, 9.17) is 13.6 Å². The van der Waals surface area contributed by atoms with Crippen molar-refractivity contribution in [2.75, 3.05) is 0 Å². The van der Waals surface area contributed by atoms with Crippen molar-refractivity contribution in [1.82, 2.24) is 0 Å². The molecule has 0 aromatic heterocycles. The van der Waals surface area contributed by atoms with Crippen LogP contribution in [0.25, 0.3) is 0 Å². The summed E-state index contributed by atoms with van der Waals surface area (Å²) in [6.45, 7) is 13.0. The van der Waals surface area contributed by atoms with Gasteiger partial charge in [-0.2, -0.15) is 0 Å². The minimum atomic E-state index is -2.09. The van der Waals surface area contributed by atoms with E-state index in [0.717, 1.165) is 32.1 Å². The molecule has 2 saturated carbocycles. The molecule has 2 heterocycles. The van der Waals surface area contributed by atoms with Gasteiger partial charge in [-0.05, 0) is 75.8 Å². The van der Waals surface area contributed by atoms with Crippen molar-refractivity contribution >= 4 is 34.5 Å². The van der Waals surface area contributed by atoms with Gasteiger partial charge >= 0.3 is 17.9 Å². The standard InChI is InChI=1S/C21H32O6Si2/c1-12-15-8-6-13(10-17(15)20(23)25-12)28(2,3)27-29(4,5)14-7-9-16-18(11-14)21(24)26-19(16)22/h13-18H,1,6-11H2,2-5H3. The molecule has 0 aromatic carbocycles. The van der Waals surface area contributed by atoms with E-state index in [1.54, 1.807) is 0 Å². The lowest BCUT2D eigenvalue weighted by atomic mass is 9.80. The van der Waals surface area contributed by atoms with Gasteiger partial charge in [0.25, 0.3) is 0 Å². The summed E-state index contributed by atoms with van der Waals surface area (Å²) in [6, 6.07) is 0. The molecule has 4 rings (SSSR count). The van der Waals surface area contributed by atoms with Crippen LogP contribution in [0.5, 0.6) is 0 Å². The van der Waals surface area contributed by atoms with E-state index in [-0.39, 0.29) is 41.6 Å². The van der Waals surface area contributed by atoms with E-state index in [0.29, 0.717) is 23.3 Å². The predicted molar refractivity (Wildman–Crippen MR) is 112 cm³/mol. The molecule has 0 radical (unpaired) electrons. The minimum Gasteiger partial charge on any atom is -0.455 e. The van der Waals surface area contributed by atoms with Gasteiger partial charge in [0.2, 0.25) is 0 Å². The lowest BCUT2D eigenvalue weighted by Crippen LogP contribution is -2.52. The molecule has 2 aliphatic carbocycles. The van der Waals surface area contributed by atoms with Crippen molar-refractivity contribution in [3.8, 4) is 0 Å². The third kappa shape index (κ3) is 3.68. The van der Waals surface area contributed by atoms with Crippen LogP contribution in [0.4, 0.5) is 0 Å². The number of carbonyl (C=O) groups is 3. The van der Waals surface area contributed by atoms with Crippen molar-refractivity contribution in [1.29, 1.82) is 0 Å². The van der Waals surface area contributed by atoms with Crippen LogP contribution in [0.2, 0.25) is 37.3 Å². The highest BCUT2D eigenvalue weighted by Gasteiger charge is 2.54. The molecule has 0 spiro atoms. The van der Waals surface area contributed by atoms with Crippen molar-refractivity contribution in [2.24, 2.45) is 23.7 Å². The first-order chi connectivity index (χ1) is 13.5. The number of allylic oxidation sites excluding steroid dienone is 1. The molecule has 0 amide bonds. The zero-order valence-electron chi connectivity index (χ0n) is 17.9. The predicted octanol–water partition coefficient (Wildman–Crippen LogP) is 4.14. The third-order valence-electron chi connectivity index (χ3n) is 7.95. The van der Waals surface area contributed by atoms with Crippen LogP contribution in [-0.2, 0) is 28.0 Å². The molecular formula is C21H32O6Si2. The summed E-state index contributed by atoms with van der Waals surface area (Å²) in [5, 5.41) is 0. The number of carbonyl (C=O) groups excluding carboxylic acids is 3. The molecule has 29 heavy (non-hydrogen) atoms. The van der Waals surface area contributed by atoms with E-state index < -0.39 is 16.6 Å². The first kappa shape index (κ1) is 21.0. The highest BCUT2D eigenvalue weighted by molar-refractivity contribution is 6.86. The highest BCUT2D eigenvalue weighted by Crippen LogP contribution is 2.51. The normalized spacial score (nSPS) is 37.8. The Morgan fingerprint density at radius 3 is 1.76 bits per heavy atom. The van der Waals surface area contributed by atoms with E-state index >= 15 is 0 Å². The molecule has 6 unspecified atom stereocenters. The minimum absolute atomic E-state index is 0.0592. The Hall–Kier alpha value is -1.26. The van der Waals surface area contributed by atoms with Crippen LogP contribution < -0.4 is 0 Å². The van der Waals surface area contributed by atoms with Gasteiger partial charge in [-0.3, -0.25) is 14.4 Å². The van der Waals surface area contributed by atoms with Gasteiger partial charge in [-0.1, -0.05) is 6.58 Å². The molecule has 2 saturated heterocycles. The zero-order chi connectivity index (χ0) is 21.1. The molecule has 0 bridgehead atoms. The highest BCUT2D eigenvalue weighted by atomic mass is 28.4. The fourth-order valence-electron chi connectivity index (χ4n) is 6.17. The maximum atomic E-state index is 12.2. The Labute approximate surface area is 174 Å². The van der Waals surface area contributed by atoms with Crippen LogP contribution >= 0.6 is 0 Å². The topological polar surface area (TPSA) is 78.9 Å². The maximum Gasteiger partial charge on any atom is 0.317 e. The van der Waals surface area contributed by atoms with E-state index in [1.165, 1.54) is 0 Å². The Morgan fingerprint density at radius 1 is 0.724 bits per heavy atom. The molecule has 4 aliphatic rings. The summed E-state index contributed by atoms with van der Waals surface area (Å²) in [5.74, 6) is -0.565. The molecule has 0 N–H and O–H groups in total. The van der Waals surface area contributed by atoms with Crippen molar-refractivity contribution < 1.29 is 28.0 Å². The molecule has 2 aliphatic heterocycles. The average molecular weight is 437 g/mol. The third-order valence-corrected chi connectivity index (χ3v) is 17.1. The first-order valence-electron chi connectivity index (χ1n) is 10.9. The molecule has 4 fully saturated rings. The Balaban J connectivity index is 1.43.